The number of para-hydroxylation sites is 1. The van der Waals surface area contributed by atoms with Crippen LogP contribution in [0, 0.1) is 0 Å². The fraction of sp³-hybridized carbons (Fsp3) is 0.471. The molecule has 1 N–H and O–H groups in total. The Bertz CT molecular complexity index is 791. The maximum absolute atomic E-state index is 3.98. The molecule has 0 unspecified atom stereocenters. The first-order chi connectivity index (χ1) is 11.7. The number of tetrazole rings is 1. The van der Waals surface area contributed by atoms with E-state index in [1.54, 1.807) is 16.4 Å². The van der Waals surface area contributed by atoms with Crippen molar-refractivity contribution in [2.75, 3.05) is 12.3 Å². The first-order valence-electron chi connectivity index (χ1n) is 8.31. The van der Waals surface area contributed by atoms with Gasteiger partial charge in [0.2, 0.25) is 5.16 Å². The fourth-order valence-corrected chi connectivity index (χ4v) is 3.56. The fourth-order valence-electron chi connectivity index (χ4n) is 2.77. The molecule has 1 aromatic carbocycles. The van der Waals surface area contributed by atoms with E-state index in [-0.39, 0.29) is 0 Å². The zero-order valence-corrected chi connectivity index (χ0v) is 15.3. The van der Waals surface area contributed by atoms with Gasteiger partial charge in [0.05, 0.1) is 0 Å². The Morgan fingerprint density at radius 3 is 2.83 bits per heavy atom. The number of aromatic nitrogens is 5. The Labute approximate surface area is 146 Å². The van der Waals surface area contributed by atoms with Gasteiger partial charge in [-0.25, -0.2) is 4.68 Å². The summed E-state index contributed by atoms with van der Waals surface area (Å²) in [7, 11) is 1.87. The Morgan fingerprint density at radius 2 is 2.08 bits per heavy atom. The number of hydrogen-bond donors (Lipinski definition) is 1. The van der Waals surface area contributed by atoms with Crippen molar-refractivity contribution >= 4 is 22.7 Å². The summed E-state index contributed by atoms with van der Waals surface area (Å²) in [6.45, 7) is 6.33. The minimum Gasteiger partial charge on any atom is -0.345 e. The van der Waals surface area contributed by atoms with E-state index < -0.39 is 0 Å². The highest BCUT2D eigenvalue weighted by molar-refractivity contribution is 7.99. The highest BCUT2D eigenvalue weighted by Gasteiger charge is 2.09. The number of thioether (sulfide) groups is 1. The van der Waals surface area contributed by atoms with Crippen molar-refractivity contribution in [2.45, 2.75) is 38.0 Å². The quantitative estimate of drug-likeness (QED) is 0.503. The molecule has 7 heteroatoms. The average Bonchev–Trinajstić information content (AvgIpc) is 3.15. The highest BCUT2D eigenvalue weighted by atomic mass is 32.2. The van der Waals surface area contributed by atoms with Gasteiger partial charge in [-0.05, 0) is 48.9 Å². The molecule has 0 spiro atoms. The molecule has 3 rings (SSSR count). The van der Waals surface area contributed by atoms with Crippen molar-refractivity contribution in [3.8, 4) is 0 Å². The van der Waals surface area contributed by atoms with Crippen LogP contribution in [0.1, 0.15) is 31.9 Å². The molecule has 3 aromatic rings. The maximum Gasteiger partial charge on any atom is 0.209 e. The second-order valence-corrected chi connectivity index (χ2v) is 7.20. The van der Waals surface area contributed by atoms with Crippen molar-refractivity contribution in [1.82, 2.24) is 30.1 Å². The monoisotopic (exact) mass is 344 g/mol. The lowest BCUT2D eigenvalue weighted by atomic mass is 10.2. The summed E-state index contributed by atoms with van der Waals surface area (Å²) in [6, 6.07) is 9.10. The van der Waals surface area contributed by atoms with Gasteiger partial charge in [-0.15, -0.1) is 5.10 Å². The molecule has 0 aliphatic rings. The first-order valence-corrected chi connectivity index (χ1v) is 9.29. The van der Waals surface area contributed by atoms with Gasteiger partial charge in [0.15, 0.2) is 0 Å². The Morgan fingerprint density at radius 1 is 1.25 bits per heavy atom. The van der Waals surface area contributed by atoms with Crippen LogP contribution in [0.5, 0.6) is 0 Å². The number of rotatable bonds is 8. The number of hydrogen-bond acceptors (Lipinski definition) is 5. The summed E-state index contributed by atoms with van der Waals surface area (Å²) in [5, 5.41) is 17.2. The van der Waals surface area contributed by atoms with Crippen LogP contribution in [0.2, 0.25) is 0 Å². The van der Waals surface area contributed by atoms with Gasteiger partial charge in [0.25, 0.3) is 0 Å². The SMILES string of the molecule is CC(C)n1cc(CNCCCSc2nnnn2C)c2ccccc21. The van der Waals surface area contributed by atoms with E-state index in [0.29, 0.717) is 6.04 Å². The molecule has 0 saturated carbocycles. The third kappa shape index (κ3) is 3.79. The number of aryl methyl sites for hydroxylation is 1. The smallest absolute Gasteiger partial charge is 0.209 e. The van der Waals surface area contributed by atoms with E-state index in [9.17, 15) is 0 Å². The first kappa shape index (κ1) is 17.0. The topological polar surface area (TPSA) is 60.6 Å². The third-order valence-electron chi connectivity index (χ3n) is 4.01. The van der Waals surface area contributed by atoms with Crippen LogP contribution < -0.4 is 5.32 Å². The number of benzene rings is 1. The largest absolute Gasteiger partial charge is 0.345 e. The second kappa shape index (κ2) is 7.81. The van der Waals surface area contributed by atoms with Gasteiger partial charge < -0.3 is 9.88 Å². The van der Waals surface area contributed by atoms with Gasteiger partial charge in [0, 0.05) is 42.5 Å². The van der Waals surface area contributed by atoms with Crippen molar-refractivity contribution < 1.29 is 0 Å². The Kier molecular flexibility index (Phi) is 5.52. The summed E-state index contributed by atoms with van der Waals surface area (Å²) >= 11 is 1.69. The zero-order valence-electron chi connectivity index (χ0n) is 14.4. The maximum atomic E-state index is 3.98. The minimum atomic E-state index is 0.472. The molecule has 0 aliphatic carbocycles. The number of nitrogens with zero attached hydrogens (tertiary/aromatic N) is 5. The molecule has 0 fully saturated rings. The summed E-state index contributed by atoms with van der Waals surface area (Å²) in [4.78, 5) is 0. The van der Waals surface area contributed by atoms with Gasteiger partial charge in [-0.1, -0.05) is 30.0 Å². The second-order valence-electron chi connectivity index (χ2n) is 6.14. The third-order valence-corrected chi connectivity index (χ3v) is 5.10. The molecule has 128 valence electrons. The lowest BCUT2D eigenvalue weighted by Gasteiger charge is -2.08. The summed E-state index contributed by atoms with van der Waals surface area (Å²) in [5.41, 5.74) is 2.68. The normalized spacial score (nSPS) is 11.7. The molecule has 0 amide bonds. The minimum absolute atomic E-state index is 0.472. The van der Waals surface area contributed by atoms with E-state index in [1.807, 2.05) is 7.05 Å². The molecular formula is C17H24N6S. The van der Waals surface area contributed by atoms with E-state index >= 15 is 0 Å². The zero-order chi connectivity index (χ0) is 16.9. The van der Waals surface area contributed by atoms with Crippen LogP contribution in [-0.4, -0.2) is 37.1 Å². The van der Waals surface area contributed by atoms with E-state index in [4.69, 9.17) is 0 Å². The highest BCUT2D eigenvalue weighted by Crippen LogP contribution is 2.24. The average molecular weight is 344 g/mol. The van der Waals surface area contributed by atoms with Crippen LogP contribution >= 0.6 is 11.8 Å². The predicted molar refractivity (Wildman–Crippen MR) is 98.2 cm³/mol. The van der Waals surface area contributed by atoms with Crippen molar-refractivity contribution in [3.05, 3.63) is 36.0 Å². The molecule has 0 radical (unpaired) electrons. The number of nitrogens with one attached hydrogen (secondary N) is 1. The summed E-state index contributed by atoms with van der Waals surface area (Å²) < 4.78 is 4.06. The molecule has 2 aromatic heterocycles. The summed E-state index contributed by atoms with van der Waals surface area (Å²) in [6.07, 6.45) is 3.36. The van der Waals surface area contributed by atoms with Crippen LogP contribution in [0.25, 0.3) is 10.9 Å². The van der Waals surface area contributed by atoms with Gasteiger partial charge in [0.1, 0.15) is 0 Å². The molecule has 0 aliphatic heterocycles. The van der Waals surface area contributed by atoms with E-state index in [2.05, 4.69) is 69.7 Å². The van der Waals surface area contributed by atoms with Crippen LogP contribution in [0.15, 0.2) is 35.6 Å². The van der Waals surface area contributed by atoms with Crippen LogP contribution in [0.4, 0.5) is 0 Å². The lowest BCUT2D eigenvalue weighted by Crippen LogP contribution is -2.15. The van der Waals surface area contributed by atoms with E-state index in [1.165, 1.54) is 16.5 Å². The molecule has 0 bridgehead atoms. The Balaban J connectivity index is 1.50. The van der Waals surface area contributed by atoms with Crippen molar-refractivity contribution in [1.29, 1.82) is 0 Å². The number of fused-ring (bicyclic) bond motifs is 1. The standard InChI is InChI=1S/C17H24N6S/c1-13(2)23-12-14(15-7-4-5-8-16(15)23)11-18-9-6-10-24-17-19-20-21-22(17)3/h4-5,7-8,12-13,18H,6,9-11H2,1-3H3. The van der Waals surface area contributed by atoms with Gasteiger partial charge in [-0.2, -0.15) is 0 Å². The molecule has 6 nitrogen and oxygen atoms in total. The molecule has 2 heterocycles. The van der Waals surface area contributed by atoms with Crippen LogP contribution in [-0.2, 0) is 13.6 Å². The molecule has 24 heavy (non-hydrogen) atoms. The lowest BCUT2D eigenvalue weighted by molar-refractivity contribution is 0.616. The molecule has 0 saturated heterocycles. The Hall–Kier alpha value is -1.86. The summed E-state index contributed by atoms with van der Waals surface area (Å²) in [5.74, 6) is 1.01. The molecular weight excluding hydrogens is 320 g/mol. The van der Waals surface area contributed by atoms with Gasteiger partial charge >= 0.3 is 0 Å². The van der Waals surface area contributed by atoms with E-state index in [0.717, 1.165) is 30.4 Å². The van der Waals surface area contributed by atoms with Crippen LogP contribution in [0.3, 0.4) is 0 Å². The van der Waals surface area contributed by atoms with Crippen molar-refractivity contribution in [2.24, 2.45) is 7.05 Å². The molecule has 0 atom stereocenters. The van der Waals surface area contributed by atoms with Gasteiger partial charge in [-0.3, -0.25) is 0 Å². The van der Waals surface area contributed by atoms with Crippen molar-refractivity contribution in [3.63, 3.8) is 0 Å². The predicted octanol–water partition coefficient (Wildman–Crippen LogP) is 3.02.